The maximum atomic E-state index is 13.5. The van der Waals surface area contributed by atoms with Crippen LogP contribution < -0.4 is 15.4 Å². The molecule has 3 atom stereocenters. The number of thioether (sulfide) groups is 2. The molecule has 3 aromatic rings. The summed E-state index contributed by atoms with van der Waals surface area (Å²) in [6.45, 7) is 1.36. The number of aliphatic carboxylic acids is 1. The molecule has 2 aliphatic heterocycles. The summed E-state index contributed by atoms with van der Waals surface area (Å²) in [5.41, 5.74) is 0.968. The number of halogens is 2. The van der Waals surface area contributed by atoms with Crippen LogP contribution in [0.25, 0.3) is 0 Å². The van der Waals surface area contributed by atoms with E-state index in [1.807, 2.05) is 6.92 Å². The summed E-state index contributed by atoms with van der Waals surface area (Å²) in [4.78, 5) is 53.0. The number of carboxylic acid groups (broad SMARTS) is 1. The highest BCUT2D eigenvalue weighted by Crippen LogP contribution is 2.42. The minimum absolute atomic E-state index is 0.0868. The third-order valence-corrected chi connectivity index (χ3v) is 10.4. The zero-order valence-corrected chi connectivity index (χ0v) is 26.2. The summed E-state index contributed by atoms with van der Waals surface area (Å²) in [6, 6.07) is 11.1. The number of aromatic nitrogens is 2. The average molecular weight is 681 g/mol. The Bertz CT molecular complexity index is 1580. The Kier molecular flexibility index (Phi) is 9.82. The minimum atomic E-state index is -1.22. The molecule has 16 heteroatoms. The van der Waals surface area contributed by atoms with Crippen LogP contribution in [0, 0.1) is 6.92 Å². The SMILES string of the molecule is Cc1nnc(SCC2=C(C(=O)O)N3C(=O)C(NC(=O)[C@@H](NC(=O)COc4c(Cl)cccc4Cl)c4ccccc4)[C@@H]3SC2)s1. The molecule has 1 saturated heterocycles. The predicted molar refractivity (Wildman–Crippen MR) is 164 cm³/mol. The van der Waals surface area contributed by atoms with Crippen LogP contribution >= 0.6 is 58.1 Å². The van der Waals surface area contributed by atoms with Crippen LogP contribution in [-0.2, 0) is 19.2 Å². The van der Waals surface area contributed by atoms with Gasteiger partial charge in [0, 0.05) is 11.5 Å². The summed E-state index contributed by atoms with van der Waals surface area (Å²) in [7, 11) is 0. The van der Waals surface area contributed by atoms with E-state index in [1.165, 1.54) is 39.8 Å². The van der Waals surface area contributed by atoms with E-state index in [4.69, 9.17) is 27.9 Å². The van der Waals surface area contributed by atoms with Crippen molar-refractivity contribution in [3.05, 3.63) is 80.4 Å². The lowest BCUT2D eigenvalue weighted by atomic mass is 10.0. The summed E-state index contributed by atoms with van der Waals surface area (Å²) < 4.78 is 6.20. The van der Waals surface area contributed by atoms with E-state index >= 15 is 0 Å². The normalized spacial score (nSPS) is 18.4. The molecule has 11 nitrogen and oxygen atoms in total. The summed E-state index contributed by atoms with van der Waals surface area (Å²) in [6.07, 6.45) is 0. The molecule has 1 fully saturated rings. The number of fused-ring (bicyclic) bond motifs is 1. The molecule has 3 N–H and O–H groups in total. The highest BCUT2D eigenvalue weighted by atomic mass is 35.5. The number of aryl methyl sites for hydroxylation is 1. The molecule has 1 aromatic heterocycles. The number of amides is 3. The molecular weight excluding hydrogens is 657 g/mol. The lowest BCUT2D eigenvalue weighted by molar-refractivity contribution is -0.151. The molecule has 2 aliphatic rings. The van der Waals surface area contributed by atoms with Gasteiger partial charge in [0.15, 0.2) is 16.7 Å². The number of carbonyl (C=O) groups is 4. The number of hydrogen-bond acceptors (Lipinski definition) is 10. The first-order chi connectivity index (χ1) is 20.6. The van der Waals surface area contributed by atoms with E-state index in [-0.39, 0.29) is 21.5 Å². The molecule has 224 valence electrons. The van der Waals surface area contributed by atoms with Gasteiger partial charge in [-0.05, 0) is 30.2 Å². The van der Waals surface area contributed by atoms with Crippen molar-refractivity contribution in [2.45, 2.75) is 28.7 Å². The molecule has 43 heavy (non-hydrogen) atoms. The number of para-hydroxylation sites is 1. The van der Waals surface area contributed by atoms with Gasteiger partial charge in [-0.2, -0.15) is 0 Å². The van der Waals surface area contributed by atoms with Crippen molar-refractivity contribution in [3.63, 3.8) is 0 Å². The Morgan fingerprint density at radius 1 is 1.14 bits per heavy atom. The van der Waals surface area contributed by atoms with Crippen LogP contribution in [0.5, 0.6) is 5.75 Å². The number of rotatable bonds is 11. The average Bonchev–Trinajstić information content (AvgIpc) is 3.41. The zero-order valence-electron chi connectivity index (χ0n) is 22.3. The lowest BCUT2D eigenvalue weighted by Crippen LogP contribution is -2.71. The van der Waals surface area contributed by atoms with Crippen LogP contribution in [0.1, 0.15) is 16.6 Å². The van der Waals surface area contributed by atoms with Gasteiger partial charge >= 0.3 is 5.97 Å². The molecule has 0 radical (unpaired) electrons. The predicted octanol–water partition coefficient (Wildman–Crippen LogP) is 3.92. The first kappa shape index (κ1) is 31.1. The Morgan fingerprint density at radius 2 is 1.86 bits per heavy atom. The third kappa shape index (κ3) is 6.93. The lowest BCUT2D eigenvalue weighted by Gasteiger charge is -2.49. The van der Waals surface area contributed by atoms with Gasteiger partial charge in [-0.3, -0.25) is 19.3 Å². The van der Waals surface area contributed by atoms with Crippen LogP contribution in [0.4, 0.5) is 0 Å². The number of β-lactam (4-membered cyclic amide) rings is 1. The van der Waals surface area contributed by atoms with Crippen LogP contribution in [0.2, 0.25) is 10.0 Å². The van der Waals surface area contributed by atoms with E-state index in [1.54, 1.807) is 48.5 Å². The Balaban J connectivity index is 1.27. The maximum Gasteiger partial charge on any atom is 0.352 e. The van der Waals surface area contributed by atoms with Crippen LogP contribution in [0.3, 0.4) is 0 Å². The zero-order chi connectivity index (χ0) is 30.7. The highest BCUT2D eigenvalue weighted by Gasteiger charge is 2.54. The molecule has 0 aliphatic carbocycles. The standard InChI is InChI=1S/C27H23Cl2N5O6S3/c1-13-32-33-27(43-13)42-12-15-11-41-25-20(24(37)34(25)21(15)26(38)39)31-23(36)19(14-6-3-2-4-7-14)30-18(35)10-40-22-16(28)8-5-9-17(22)29/h2-9,19-20,25H,10-12H2,1H3,(H,30,35)(H,31,36)(H,38,39)/t19-,20?,25-/m0/s1. The summed E-state index contributed by atoms with van der Waals surface area (Å²) in [5, 5.41) is 24.0. The van der Waals surface area contributed by atoms with Crippen molar-refractivity contribution in [1.29, 1.82) is 0 Å². The van der Waals surface area contributed by atoms with Gasteiger partial charge in [-0.15, -0.1) is 22.0 Å². The number of benzene rings is 2. The van der Waals surface area contributed by atoms with Crippen molar-refractivity contribution < 1.29 is 29.0 Å². The number of carbonyl (C=O) groups excluding carboxylic acids is 3. The molecule has 3 amide bonds. The molecule has 3 heterocycles. The van der Waals surface area contributed by atoms with Gasteiger partial charge in [-0.25, -0.2) is 4.79 Å². The molecule has 0 spiro atoms. The monoisotopic (exact) mass is 679 g/mol. The van der Waals surface area contributed by atoms with E-state index < -0.39 is 47.8 Å². The first-order valence-electron chi connectivity index (χ1n) is 12.7. The summed E-state index contributed by atoms with van der Waals surface area (Å²) in [5.74, 6) is -2.21. The van der Waals surface area contributed by atoms with E-state index in [2.05, 4.69) is 20.8 Å². The fourth-order valence-corrected chi connectivity index (χ4v) is 8.23. The molecular formula is C27H23Cl2N5O6S3. The van der Waals surface area contributed by atoms with E-state index in [9.17, 15) is 24.3 Å². The molecule has 0 bridgehead atoms. The molecule has 0 saturated carbocycles. The van der Waals surface area contributed by atoms with Gasteiger partial charge < -0.3 is 20.5 Å². The second-order valence-corrected chi connectivity index (χ2v) is 13.6. The van der Waals surface area contributed by atoms with Crippen molar-refractivity contribution in [2.75, 3.05) is 18.1 Å². The second kappa shape index (κ2) is 13.6. The Morgan fingerprint density at radius 3 is 2.51 bits per heavy atom. The number of nitrogens with zero attached hydrogens (tertiary/aromatic N) is 3. The van der Waals surface area contributed by atoms with Crippen molar-refractivity contribution in [3.8, 4) is 5.75 Å². The van der Waals surface area contributed by atoms with E-state index in [0.29, 0.717) is 27.0 Å². The van der Waals surface area contributed by atoms with Crippen molar-refractivity contribution >= 4 is 81.8 Å². The van der Waals surface area contributed by atoms with Crippen molar-refractivity contribution in [2.24, 2.45) is 0 Å². The quantitative estimate of drug-likeness (QED) is 0.201. The molecule has 1 unspecified atom stereocenters. The Hall–Kier alpha value is -3.30. The number of hydrogen-bond donors (Lipinski definition) is 3. The number of ether oxygens (including phenoxy) is 1. The largest absolute Gasteiger partial charge is 0.481 e. The third-order valence-electron chi connectivity index (χ3n) is 6.39. The van der Waals surface area contributed by atoms with Gasteiger partial charge in [0.2, 0.25) is 5.91 Å². The minimum Gasteiger partial charge on any atom is -0.481 e. The first-order valence-corrected chi connectivity index (χ1v) is 16.3. The van der Waals surface area contributed by atoms with E-state index in [0.717, 1.165) is 5.01 Å². The number of nitrogens with one attached hydrogen (secondary N) is 2. The highest BCUT2D eigenvalue weighted by molar-refractivity contribution is 8.01. The smallest absolute Gasteiger partial charge is 0.352 e. The fourth-order valence-electron chi connectivity index (χ4n) is 4.42. The second-order valence-electron chi connectivity index (χ2n) is 9.28. The topological polar surface area (TPSA) is 151 Å². The van der Waals surface area contributed by atoms with Crippen LogP contribution in [-0.4, -0.2) is 73.4 Å². The van der Waals surface area contributed by atoms with Gasteiger partial charge in [0.1, 0.15) is 28.2 Å². The van der Waals surface area contributed by atoms with Gasteiger partial charge in [0.25, 0.3) is 11.8 Å². The van der Waals surface area contributed by atoms with Crippen LogP contribution in [0.15, 0.2) is 64.1 Å². The maximum absolute atomic E-state index is 13.5. The van der Waals surface area contributed by atoms with Gasteiger partial charge in [-0.1, -0.05) is 82.7 Å². The molecule has 5 rings (SSSR count). The summed E-state index contributed by atoms with van der Waals surface area (Å²) >= 11 is 16.3. The Labute approximate surface area is 268 Å². The van der Waals surface area contributed by atoms with Gasteiger partial charge in [0.05, 0.1) is 10.0 Å². The molecule has 2 aromatic carbocycles. The fraction of sp³-hybridized carbons (Fsp3) is 0.259. The number of carboxylic acids is 1. The van der Waals surface area contributed by atoms with Crippen molar-refractivity contribution in [1.82, 2.24) is 25.7 Å².